The Morgan fingerprint density at radius 1 is 1.33 bits per heavy atom. The number of urea groups is 1. The molecule has 0 aliphatic heterocycles. The lowest BCUT2D eigenvalue weighted by Gasteiger charge is -2.22. The number of rotatable bonds is 7. The summed E-state index contributed by atoms with van der Waals surface area (Å²) in [6, 6.07) is 3.85. The first-order chi connectivity index (χ1) is 9.99. The highest BCUT2D eigenvalue weighted by Gasteiger charge is 2.14. The number of anilines is 1. The van der Waals surface area contributed by atoms with Crippen LogP contribution in [-0.2, 0) is 0 Å². The minimum atomic E-state index is -1.12. The molecular weight excluding hydrogens is 296 g/mol. The molecule has 3 N–H and O–H groups in total. The molecule has 0 atom stereocenters. The Morgan fingerprint density at radius 3 is 2.57 bits per heavy atom. The molecule has 0 aliphatic rings. The number of carboxylic acids is 1. The van der Waals surface area contributed by atoms with E-state index in [9.17, 15) is 9.59 Å². The van der Waals surface area contributed by atoms with E-state index in [4.69, 9.17) is 21.8 Å². The van der Waals surface area contributed by atoms with Crippen LogP contribution in [0.3, 0.4) is 0 Å². The Hall–Kier alpha value is -1.79. The van der Waals surface area contributed by atoms with Crippen LogP contribution in [-0.4, -0.2) is 46.8 Å². The zero-order valence-corrected chi connectivity index (χ0v) is 12.6. The highest BCUT2D eigenvalue weighted by molar-refractivity contribution is 6.33. The Morgan fingerprint density at radius 2 is 2.05 bits per heavy atom. The van der Waals surface area contributed by atoms with Crippen LogP contribution < -0.4 is 5.32 Å². The predicted molar refractivity (Wildman–Crippen MR) is 81.0 cm³/mol. The van der Waals surface area contributed by atoms with E-state index in [1.165, 1.54) is 23.1 Å². The highest BCUT2D eigenvalue weighted by Crippen LogP contribution is 2.21. The standard InChI is InChI=1S/C14H19ClN2O4/c1-2-3-6-17(7-8-18)14(21)16-10-4-5-11(13(19)20)12(15)9-10/h4-5,9,18H,2-3,6-8H2,1H3,(H,16,21)(H,19,20). The molecule has 0 aliphatic carbocycles. The van der Waals surface area contributed by atoms with Gasteiger partial charge in [-0.15, -0.1) is 0 Å². The third kappa shape index (κ3) is 5.24. The molecule has 7 heteroatoms. The fourth-order valence-electron chi connectivity index (χ4n) is 1.75. The van der Waals surface area contributed by atoms with Gasteiger partial charge in [-0.25, -0.2) is 9.59 Å². The first-order valence-electron chi connectivity index (χ1n) is 6.69. The predicted octanol–water partition coefficient (Wildman–Crippen LogP) is 2.66. The van der Waals surface area contributed by atoms with Gasteiger partial charge in [-0.3, -0.25) is 0 Å². The summed E-state index contributed by atoms with van der Waals surface area (Å²) in [5, 5.41) is 20.6. The van der Waals surface area contributed by atoms with Gasteiger partial charge in [0.25, 0.3) is 0 Å². The number of halogens is 1. The largest absolute Gasteiger partial charge is 0.478 e. The molecular formula is C14H19ClN2O4. The third-order valence-electron chi connectivity index (χ3n) is 2.89. The van der Waals surface area contributed by atoms with Gasteiger partial charge >= 0.3 is 12.0 Å². The maximum absolute atomic E-state index is 12.1. The van der Waals surface area contributed by atoms with E-state index < -0.39 is 5.97 Å². The quantitative estimate of drug-likeness (QED) is 0.721. The van der Waals surface area contributed by atoms with Crippen LogP contribution in [0.4, 0.5) is 10.5 Å². The number of aliphatic hydroxyl groups excluding tert-OH is 1. The van der Waals surface area contributed by atoms with Gasteiger partial charge in [-0.1, -0.05) is 24.9 Å². The van der Waals surface area contributed by atoms with Crippen molar-refractivity contribution in [2.45, 2.75) is 19.8 Å². The van der Waals surface area contributed by atoms with E-state index in [2.05, 4.69) is 5.32 Å². The number of aromatic carboxylic acids is 1. The Bertz CT molecular complexity index is 508. The second-order valence-corrected chi connectivity index (χ2v) is 4.90. The summed E-state index contributed by atoms with van der Waals surface area (Å²) in [4.78, 5) is 24.4. The molecule has 21 heavy (non-hydrogen) atoms. The van der Waals surface area contributed by atoms with Crippen molar-refractivity contribution in [1.29, 1.82) is 0 Å². The number of carbonyl (C=O) groups excluding carboxylic acids is 1. The van der Waals surface area contributed by atoms with Gasteiger partial charge in [0.1, 0.15) is 0 Å². The van der Waals surface area contributed by atoms with Crippen molar-refractivity contribution >= 4 is 29.3 Å². The zero-order chi connectivity index (χ0) is 15.8. The van der Waals surface area contributed by atoms with Crippen molar-refractivity contribution in [2.24, 2.45) is 0 Å². The smallest absolute Gasteiger partial charge is 0.337 e. The molecule has 1 aromatic rings. The van der Waals surface area contributed by atoms with E-state index >= 15 is 0 Å². The molecule has 0 bridgehead atoms. The van der Waals surface area contributed by atoms with E-state index in [0.717, 1.165) is 12.8 Å². The molecule has 0 radical (unpaired) electrons. The lowest BCUT2D eigenvalue weighted by Crippen LogP contribution is -2.37. The number of unbranched alkanes of at least 4 members (excludes halogenated alkanes) is 1. The highest BCUT2D eigenvalue weighted by atomic mass is 35.5. The summed E-state index contributed by atoms with van der Waals surface area (Å²) in [5.41, 5.74) is 0.391. The number of carboxylic acid groups (broad SMARTS) is 1. The van der Waals surface area contributed by atoms with Crippen LogP contribution in [0.15, 0.2) is 18.2 Å². The minimum absolute atomic E-state index is 0.0205. The number of nitrogens with zero attached hydrogens (tertiary/aromatic N) is 1. The molecule has 0 spiro atoms. The fourth-order valence-corrected chi connectivity index (χ4v) is 2.01. The third-order valence-corrected chi connectivity index (χ3v) is 3.20. The molecule has 116 valence electrons. The average Bonchev–Trinajstić information content (AvgIpc) is 2.43. The van der Waals surface area contributed by atoms with E-state index in [1.54, 1.807) is 0 Å². The van der Waals surface area contributed by atoms with E-state index in [0.29, 0.717) is 12.2 Å². The molecule has 0 saturated heterocycles. The van der Waals surface area contributed by atoms with Crippen LogP contribution in [0, 0.1) is 0 Å². The van der Waals surface area contributed by atoms with E-state index in [-0.39, 0.29) is 29.8 Å². The Kier molecular flexibility index (Phi) is 6.98. The Labute approximate surface area is 128 Å². The summed E-state index contributed by atoms with van der Waals surface area (Å²) < 4.78 is 0. The summed E-state index contributed by atoms with van der Waals surface area (Å²) >= 11 is 5.85. The number of amides is 2. The number of carbonyl (C=O) groups is 2. The second kappa shape index (κ2) is 8.49. The normalized spacial score (nSPS) is 10.2. The van der Waals surface area contributed by atoms with Crippen molar-refractivity contribution in [2.75, 3.05) is 25.0 Å². The van der Waals surface area contributed by atoms with Crippen LogP contribution in [0.2, 0.25) is 5.02 Å². The van der Waals surface area contributed by atoms with Crippen LogP contribution >= 0.6 is 11.6 Å². The van der Waals surface area contributed by atoms with Crippen LogP contribution in [0.1, 0.15) is 30.1 Å². The van der Waals surface area contributed by atoms with Crippen LogP contribution in [0.5, 0.6) is 0 Å². The maximum atomic E-state index is 12.1. The number of hydrogen-bond donors (Lipinski definition) is 3. The summed E-state index contributed by atoms with van der Waals surface area (Å²) in [7, 11) is 0. The SMILES string of the molecule is CCCCN(CCO)C(=O)Nc1ccc(C(=O)O)c(Cl)c1. The summed E-state index contributed by atoms with van der Waals surface area (Å²) in [6.45, 7) is 2.69. The lowest BCUT2D eigenvalue weighted by atomic mass is 10.2. The molecule has 0 fully saturated rings. The van der Waals surface area contributed by atoms with Crippen molar-refractivity contribution < 1.29 is 19.8 Å². The van der Waals surface area contributed by atoms with Crippen molar-refractivity contribution in [3.63, 3.8) is 0 Å². The number of hydrogen-bond acceptors (Lipinski definition) is 3. The van der Waals surface area contributed by atoms with Gasteiger partial charge < -0.3 is 20.4 Å². The Balaban J connectivity index is 2.76. The van der Waals surface area contributed by atoms with Crippen molar-refractivity contribution in [3.05, 3.63) is 28.8 Å². The number of aliphatic hydroxyl groups is 1. The summed E-state index contributed by atoms with van der Waals surface area (Å²) in [5.74, 6) is -1.12. The lowest BCUT2D eigenvalue weighted by molar-refractivity contribution is 0.0697. The minimum Gasteiger partial charge on any atom is -0.478 e. The molecule has 0 saturated carbocycles. The maximum Gasteiger partial charge on any atom is 0.337 e. The number of nitrogens with one attached hydrogen (secondary N) is 1. The van der Waals surface area contributed by atoms with Gasteiger partial charge in [0.2, 0.25) is 0 Å². The second-order valence-electron chi connectivity index (χ2n) is 4.49. The zero-order valence-electron chi connectivity index (χ0n) is 11.8. The molecule has 1 rings (SSSR count). The van der Waals surface area contributed by atoms with Gasteiger partial charge in [0.05, 0.1) is 17.2 Å². The van der Waals surface area contributed by atoms with Crippen molar-refractivity contribution in [1.82, 2.24) is 4.90 Å². The van der Waals surface area contributed by atoms with Crippen molar-refractivity contribution in [3.8, 4) is 0 Å². The molecule has 0 unspecified atom stereocenters. The molecule has 0 heterocycles. The monoisotopic (exact) mass is 314 g/mol. The average molecular weight is 315 g/mol. The molecule has 0 aromatic heterocycles. The van der Waals surface area contributed by atoms with Gasteiger partial charge in [-0.2, -0.15) is 0 Å². The van der Waals surface area contributed by atoms with E-state index in [1.807, 2.05) is 6.92 Å². The van der Waals surface area contributed by atoms with Gasteiger partial charge in [-0.05, 0) is 24.6 Å². The number of benzene rings is 1. The molecule has 1 aromatic carbocycles. The van der Waals surface area contributed by atoms with Crippen LogP contribution in [0.25, 0.3) is 0 Å². The molecule has 6 nitrogen and oxygen atoms in total. The van der Waals surface area contributed by atoms with Gasteiger partial charge in [0.15, 0.2) is 0 Å². The fraction of sp³-hybridized carbons (Fsp3) is 0.429. The van der Waals surface area contributed by atoms with Gasteiger partial charge in [0, 0.05) is 18.8 Å². The summed E-state index contributed by atoms with van der Waals surface area (Å²) in [6.07, 6.45) is 1.78. The topological polar surface area (TPSA) is 89.9 Å². The molecule has 2 amide bonds. The first kappa shape index (κ1) is 17.3. The first-order valence-corrected chi connectivity index (χ1v) is 7.07.